The van der Waals surface area contributed by atoms with Crippen molar-refractivity contribution in [3.8, 4) is 0 Å². The first kappa shape index (κ1) is 22.6. The molecule has 0 spiro atoms. The van der Waals surface area contributed by atoms with E-state index < -0.39 is 0 Å². The van der Waals surface area contributed by atoms with Crippen LogP contribution in [-0.2, 0) is 13.0 Å². The Kier molecular flexibility index (Phi) is 7.48. The molecule has 0 amide bonds. The second-order valence-corrected chi connectivity index (χ2v) is 8.40. The number of rotatable bonds is 9. The van der Waals surface area contributed by atoms with Gasteiger partial charge in [0.25, 0.3) is 0 Å². The quantitative estimate of drug-likeness (QED) is 0.370. The number of hydrogen-bond donors (Lipinski definition) is 2. The lowest BCUT2D eigenvalue weighted by Gasteiger charge is -2.33. The summed E-state index contributed by atoms with van der Waals surface area (Å²) < 4.78 is 0. The Labute approximate surface area is 186 Å². The molecule has 31 heavy (non-hydrogen) atoms. The van der Waals surface area contributed by atoms with Crippen molar-refractivity contribution in [1.82, 2.24) is 0 Å². The van der Waals surface area contributed by atoms with Crippen LogP contribution >= 0.6 is 0 Å². The van der Waals surface area contributed by atoms with E-state index in [2.05, 4.69) is 81.2 Å². The summed E-state index contributed by atoms with van der Waals surface area (Å²) in [6.07, 6.45) is 2.00. The first-order chi connectivity index (χ1) is 14.9. The predicted octanol–water partition coefficient (Wildman–Crippen LogP) is 5.27. The highest BCUT2D eigenvalue weighted by atomic mass is 16.3. The summed E-state index contributed by atoms with van der Waals surface area (Å²) in [6.45, 7) is 7.06. The van der Waals surface area contributed by atoms with Crippen LogP contribution in [0.1, 0.15) is 27.8 Å². The molecule has 1 unspecified atom stereocenters. The highest BCUT2D eigenvalue weighted by Gasteiger charge is 2.21. The van der Waals surface area contributed by atoms with Crippen molar-refractivity contribution >= 4 is 17.7 Å². The topological polar surface area (TPSA) is 50.6 Å². The largest absolute Gasteiger partial charge is 0.394 e. The third kappa shape index (κ3) is 5.74. The van der Waals surface area contributed by atoms with Gasteiger partial charge < -0.3 is 14.9 Å². The summed E-state index contributed by atoms with van der Waals surface area (Å²) in [4.78, 5) is 4.09. The van der Waals surface area contributed by atoms with Crippen LogP contribution in [0.25, 0.3) is 0 Å². The fraction of sp³-hybridized carbons (Fsp3) is 0.296. The van der Waals surface area contributed by atoms with E-state index in [9.17, 15) is 5.11 Å². The second kappa shape index (κ2) is 10.3. The van der Waals surface area contributed by atoms with Crippen molar-refractivity contribution in [2.45, 2.75) is 39.8 Å². The van der Waals surface area contributed by atoms with E-state index in [4.69, 9.17) is 5.41 Å². The van der Waals surface area contributed by atoms with Crippen LogP contribution in [0.2, 0.25) is 0 Å². The lowest BCUT2D eigenvalue weighted by atomic mass is 10.0. The lowest BCUT2D eigenvalue weighted by molar-refractivity contribution is 0.266. The maximum absolute atomic E-state index is 10.2. The summed E-state index contributed by atoms with van der Waals surface area (Å²) in [5, 5.41) is 18.3. The number of aliphatic hydroxyl groups excluding tert-OH is 1. The molecule has 4 nitrogen and oxygen atoms in total. The SMILES string of the molecule is Cc1ccc(CC(CO)N(C=N)c2ccccc2N(C)Cc2cc(C)cc(C)c2)cc1. The van der Waals surface area contributed by atoms with E-state index in [1.54, 1.807) is 0 Å². The number of anilines is 2. The molecule has 3 aromatic carbocycles. The Morgan fingerprint density at radius 3 is 2.03 bits per heavy atom. The van der Waals surface area contributed by atoms with Crippen LogP contribution in [-0.4, -0.2) is 31.1 Å². The Hall–Kier alpha value is -3.11. The average molecular weight is 416 g/mol. The Morgan fingerprint density at radius 1 is 0.839 bits per heavy atom. The summed E-state index contributed by atoms with van der Waals surface area (Å²) in [5.74, 6) is 0. The van der Waals surface area contributed by atoms with Gasteiger partial charge >= 0.3 is 0 Å². The molecule has 4 heteroatoms. The average Bonchev–Trinajstić information content (AvgIpc) is 2.74. The molecular weight excluding hydrogens is 382 g/mol. The molecule has 3 rings (SSSR count). The smallest absolute Gasteiger partial charge is 0.0865 e. The molecule has 0 aromatic heterocycles. The number of hydrogen-bond acceptors (Lipinski definition) is 3. The van der Waals surface area contributed by atoms with E-state index in [1.165, 1.54) is 28.6 Å². The van der Waals surface area contributed by atoms with Gasteiger partial charge in [-0.25, -0.2) is 0 Å². The molecule has 0 fully saturated rings. The molecule has 0 heterocycles. The van der Waals surface area contributed by atoms with Crippen molar-refractivity contribution in [2.24, 2.45) is 0 Å². The highest BCUT2D eigenvalue weighted by Crippen LogP contribution is 2.31. The number of benzene rings is 3. The zero-order chi connectivity index (χ0) is 22.4. The van der Waals surface area contributed by atoms with Gasteiger partial charge in [0.05, 0.1) is 30.4 Å². The van der Waals surface area contributed by atoms with Crippen molar-refractivity contribution in [3.05, 3.63) is 94.5 Å². The molecule has 1 atom stereocenters. The fourth-order valence-electron chi connectivity index (χ4n) is 4.14. The van der Waals surface area contributed by atoms with Crippen molar-refractivity contribution in [3.63, 3.8) is 0 Å². The molecule has 0 aliphatic heterocycles. The van der Waals surface area contributed by atoms with Crippen molar-refractivity contribution < 1.29 is 5.11 Å². The monoisotopic (exact) mass is 415 g/mol. The van der Waals surface area contributed by atoms with Crippen LogP contribution in [0.3, 0.4) is 0 Å². The minimum Gasteiger partial charge on any atom is -0.394 e. The molecule has 0 saturated heterocycles. The second-order valence-electron chi connectivity index (χ2n) is 8.40. The first-order valence-electron chi connectivity index (χ1n) is 10.7. The molecule has 2 N–H and O–H groups in total. The zero-order valence-corrected chi connectivity index (χ0v) is 19.0. The van der Waals surface area contributed by atoms with Crippen LogP contribution in [0, 0.1) is 26.2 Å². The molecule has 3 aromatic rings. The lowest BCUT2D eigenvalue weighted by Crippen LogP contribution is -2.39. The van der Waals surface area contributed by atoms with Gasteiger partial charge in [-0.3, -0.25) is 5.41 Å². The normalized spacial score (nSPS) is 11.8. The van der Waals surface area contributed by atoms with Crippen LogP contribution < -0.4 is 9.80 Å². The number of para-hydroxylation sites is 2. The summed E-state index contributed by atoms with van der Waals surface area (Å²) in [6, 6.07) is 22.9. The van der Waals surface area contributed by atoms with Crippen LogP contribution in [0.4, 0.5) is 11.4 Å². The van der Waals surface area contributed by atoms with Crippen molar-refractivity contribution in [2.75, 3.05) is 23.5 Å². The third-order valence-electron chi connectivity index (χ3n) is 5.61. The number of nitrogens with zero attached hydrogens (tertiary/aromatic N) is 2. The molecule has 0 radical (unpaired) electrons. The summed E-state index contributed by atoms with van der Waals surface area (Å²) >= 11 is 0. The van der Waals surface area contributed by atoms with Gasteiger partial charge in [0, 0.05) is 13.6 Å². The standard InChI is InChI=1S/C27H33N3O/c1-20-9-11-23(12-10-20)16-25(18-31)30(19-28)27-8-6-5-7-26(27)29(4)17-24-14-21(2)13-22(3)15-24/h5-15,19,25,28,31H,16-18H2,1-4H3. The molecule has 0 bridgehead atoms. The van der Waals surface area contributed by atoms with Crippen LogP contribution in [0.15, 0.2) is 66.7 Å². The summed E-state index contributed by atoms with van der Waals surface area (Å²) in [5.41, 5.74) is 8.11. The number of aliphatic hydroxyl groups is 1. The Morgan fingerprint density at radius 2 is 1.45 bits per heavy atom. The van der Waals surface area contributed by atoms with Crippen LogP contribution in [0.5, 0.6) is 0 Å². The van der Waals surface area contributed by atoms with E-state index in [-0.39, 0.29) is 12.6 Å². The van der Waals surface area contributed by atoms with Gasteiger partial charge in [-0.05, 0) is 50.5 Å². The van der Waals surface area contributed by atoms with E-state index in [0.29, 0.717) is 6.42 Å². The van der Waals surface area contributed by atoms with Gasteiger partial charge in [0.1, 0.15) is 0 Å². The third-order valence-corrected chi connectivity index (χ3v) is 5.61. The van der Waals surface area contributed by atoms with Gasteiger partial charge in [-0.1, -0.05) is 71.3 Å². The maximum Gasteiger partial charge on any atom is 0.0865 e. The number of nitrogens with one attached hydrogen (secondary N) is 1. The molecular formula is C27H33N3O. The van der Waals surface area contributed by atoms with Crippen molar-refractivity contribution in [1.29, 1.82) is 5.41 Å². The number of aryl methyl sites for hydroxylation is 3. The zero-order valence-electron chi connectivity index (χ0n) is 19.0. The molecule has 0 aliphatic rings. The van der Waals surface area contributed by atoms with Gasteiger partial charge in [0.15, 0.2) is 0 Å². The molecule has 0 aliphatic carbocycles. The molecule has 0 saturated carbocycles. The minimum absolute atomic E-state index is 0.0294. The molecule has 162 valence electrons. The first-order valence-corrected chi connectivity index (χ1v) is 10.7. The fourth-order valence-corrected chi connectivity index (χ4v) is 4.14. The predicted molar refractivity (Wildman–Crippen MR) is 131 cm³/mol. The van der Waals surface area contributed by atoms with E-state index in [1.807, 2.05) is 23.1 Å². The Balaban J connectivity index is 1.87. The van der Waals surface area contributed by atoms with Gasteiger partial charge in [-0.2, -0.15) is 0 Å². The highest BCUT2D eigenvalue weighted by molar-refractivity contribution is 5.85. The summed E-state index contributed by atoms with van der Waals surface area (Å²) in [7, 11) is 2.08. The van der Waals surface area contributed by atoms with E-state index in [0.717, 1.165) is 23.5 Å². The van der Waals surface area contributed by atoms with Gasteiger partial charge in [0.2, 0.25) is 0 Å². The maximum atomic E-state index is 10.2. The minimum atomic E-state index is -0.212. The van der Waals surface area contributed by atoms with E-state index >= 15 is 0 Å². The van der Waals surface area contributed by atoms with Gasteiger partial charge in [-0.15, -0.1) is 0 Å². The Bertz CT molecular complexity index is 993.